The smallest absolute Gasteiger partial charge is 0.462 e. The van der Waals surface area contributed by atoms with Crippen molar-refractivity contribution in [3.05, 3.63) is 72.9 Å². The van der Waals surface area contributed by atoms with E-state index in [1.54, 1.807) is 0 Å². The molecule has 0 saturated heterocycles. The van der Waals surface area contributed by atoms with Crippen molar-refractivity contribution in [2.75, 3.05) is 13.2 Å². The molecule has 9 heteroatoms. The highest BCUT2D eigenvalue weighted by Gasteiger charge is 2.22. The second-order valence-corrected chi connectivity index (χ2v) is 17.3. The van der Waals surface area contributed by atoms with Gasteiger partial charge < -0.3 is 19.3 Å². The molecule has 8 nitrogen and oxygen atoms in total. The number of phosphoric acid groups is 1. The van der Waals surface area contributed by atoms with E-state index in [4.69, 9.17) is 19.3 Å². The van der Waals surface area contributed by atoms with Crippen LogP contribution >= 0.6 is 7.82 Å². The first-order valence-electron chi connectivity index (χ1n) is 24.2. The Morgan fingerprint density at radius 3 is 1.17 bits per heavy atom. The van der Waals surface area contributed by atoms with Crippen LogP contribution < -0.4 is 0 Å². The summed E-state index contributed by atoms with van der Waals surface area (Å²) in [6, 6.07) is 0. The van der Waals surface area contributed by atoms with Gasteiger partial charge in [-0.15, -0.1) is 0 Å². The first kappa shape index (κ1) is 57.5. The third-order valence-electron chi connectivity index (χ3n) is 10.3. The summed E-state index contributed by atoms with van der Waals surface area (Å²) >= 11 is 0. The molecule has 0 spiro atoms. The molecule has 0 heterocycles. The SMILES string of the molecule is CC/C=C/C/C=C/C/C=C/C/C=C/C/C=C/C/C=C/CCC(=O)OC[C@H](COP(=O)(O)O)OC(=O)CCCCCCCCCCCCCCCCCCCCCCCCC. The summed E-state index contributed by atoms with van der Waals surface area (Å²) < 4.78 is 26.4. The Balaban J connectivity index is 3.92. The molecule has 0 aliphatic rings. The standard InChI is InChI=1S/C51H89O8P/c1-3-5-7-9-11-13-15-17-19-21-23-24-25-26-28-30-32-34-36-38-40-42-44-46-51(53)59-49(48-58-60(54,55)56)47-57-50(52)45-43-41-39-37-35-33-31-29-27-22-20-18-16-14-12-10-8-6-4-2/h6,8,12,14,18,20,27,29,33,35,39,41,49H,3-5,7,9-11,13,15-17,19,21-26,28,30-32,34,36-38,40,42-48H2,1-2H3,(H2,54,55,56)/b8-6+,14-12+,20-18+,29-27+,35-33+,41-39+/t49-/m1/s1. The zero-order chi connectivity index (χ0) is 43.9. The van der Waals surface area contributed by atoms with Crippen molar-refractivity contribution in [1.82, 2.24) is 0 Å². The van der Waals surface area contributed by atoms with Gasteiger partial charge in [-0.25, -0.2) is 4.57 Å². The number of hydrogen-bond acceptors (Lipinski definition) is 6. The van der Waals surface area contributed by atoms with Crippen LogP contribution in [-0.2, 0) is 28.2 Å². The summed E-state index contributed by atoms with van der Waals surface area (Å²) in [6.07, 6.45) is 60.8. The van der Waals surface area contributed by atoms with Gasteiger partial charge in [-0.2, -0.15) is 0 Å². The Morgan fingerprint density at radius 1 is 0.450 bits per heavy atom. The lowest BCUT2D eigenvalue weighted by molar-refractivity contribution is -0.161. The summed E-state index contributed by atoms with van der Waals surface area (Å²) in [5, 5.41) is 0. The van der Waals surface area contributed by atoms with Gasteiger partial charge in [-0.3, -0.25) is 14.1 Å². The Bertz CT molecular complexity index is 1200. The highest BCUT2D eigenvalue weighted by atomic mass is 31.2. The van der Waals surface area contributed by atoms with Crippen molar-refractivity contribution in [2.24, 2.45) is 0 Å². The molecule has 0 saturated carbocycles. The van der Waals surface area contributed by atoms with Crippen LogP contribution in [0.4, 0.5) is 0 Å². The highest BCUT2D eigenvalue weighted by Crippen LogP contribution is 2.36. The maximum absolute atomic E-state index is 12.5. The number of hydrogen-bond donors (Lipinski definition) is 2. The van der Waals surface area contributed by atoms with Gasteiger partial charge in [0.15, 0.2) is 6.10 Å². The van der Waals surface area contributed by atoms with Crippen molar-refractivity contribution in [3.8, 4) is 0 Å². The van der Waals surface area contributed by atoms with Crippen LogP contribution in [-0.4, -0.2) is 41.0 Å². The lowest BCUT2D eigenvalue weighted by Crippen LogP contribution is -2.29. The van der Waals surface area contributed by atoms with Crippen molar-refractivity contribution in [3.63, 3.8) is 0 Å². The normalized spacial score (nSPS) is 13.1. The molecular formula is C51H89O8P. The van der Waals surface area contributed by atoms with Crippen LogP contribution in [0.1, 0.15) is 219 Å². The third kappa shape index (κ3) is 48.2. The fourth-order valence-corrected chi connectivity index (χ4v) is 7.06. The molecule has 0 unspecified atom stereocenters. The molecule has 0 amide bonds. The average molecular weight is 861 g/mol. The van der Waals surface area contributed by atoms with Gasteiger partial charge >= 0.3 is 19.8 Å². The first-order chi connectivity index (χ1) is 29.3. The summed E-state index contributed by atoms with van der Waals surface area (Å²) in [6.45, 7) is 3.53. The fourth-order valence-electron chi connectivity index (χ4n) is 6.69. The molecule has 60 heavy (non-hydrogen) atoms. The van der Waals surface area contributed by atoms with E-state index in [1.165, 1.54) is 122 Å². The number of allylic oxidation sites excluding steroid dienone is 12. The molecule has 0 fully saturated rings. The Morgan fingerprint density at radius 2 is 0.800 bits per heavy atom. The molecule has 0 aromatic heterocycles. The molecule has 0 aliphatic carbocycles. The predicted molar refractivity (Wildman–Crippen MR) is 253 cm³/mol. The molecule has 0 bridgehead atoms. The molecule has 0 radical (unpaired) electrons. The van der Waals surface area contributed by atoms with E-state index in [0.29, 0.717) is 12.8 Å². The summed E-state index contributed by atoms with van der Waals surface area (Å²) in [7, 11) is -4.78. The number of unbranched alkanes of at least 4 members (excludes halogenated alkanes) is 22. The van der Waals surface area contributed by atoms with Crippen LogP contribution in [0.3, 0.4) is 0 Å². The Hall–Kier alpha value is -2.51. The van der Waals surface area contributed by atoms with Gasteiger partial charge in [-0.05, 0) is 51.4 Å². The zero-order valence-electron chi connectivity index (χ0n) is 38.3. The molecule has 0 aromatic rings. The minimum Gasteiger partial charge on any atom is -0.462 e. The summed E-state index contributed by atoms with van der Waals surface area (Å²) in [5.41, 5.74) is 0. The minimum atomic E-state index is -4.78. The van der Waals surface area contributed by atoms with Crippen molar-refractivity contribution in [1.29, 1.82) is 0 Å². The number of ether oxygens (including phenoxy) is 2. The van der Waals surface area contributed by atoms with Gasteiger partial charge in [0.05, 0.1) is 6.61 Å². The van der Waals surface area contributed by atoms with Gasteiger partial charge in [0, 0.05) is 12.8 Å². The molecule has 2 N–H and O–H groups in total. The van der Waals surface area contributed by atoms with Crippen LogP contribution in [0.25, 0.3) is 0 Å². The fraction of sp³-hybridized carbons (Fsp3) is 0.725. The van der Waals surface area contributed by atoms with Gasteiger partial charge in [0.1, 0.15) is 6.61 Å². The molecule has 1 atom stereocenters. The number of carbonyl (C=O) groups excluding carboxylic acids is 2. The van der Waals surface area contributed by atoms with Crippen LogP contribution in [0.5, 0.6) is 0 Å². The van der Waals surface area contributed by atoms with E-state index in [0.717, 1.165) is 57.8 Å². The van der Waals surface area contributed by atoms with E-state index >= 15 is 0 Å². The van der Waals surface area contributed by atoms with E-state index in [-0.39, 0.29) is 19.4 Å². The maximum atomic E-state index is 12.5. The van der Waals surface area contributed by atoms with Crippen molar-refractivity contribution >= 4 is 19.8 Å². The van der Waals surface area contributed by atoms with Gasteiger partial charge in [0.25, 0.3) is 0 Å². The summed E-state index contributed by atoms with van der Waals surface area (Å²) in [5.74, 6) is -0.978. The quantitative estimate of drug-likeness (QED) is 0.0269. The predicted octanol–water partition coefficient (Wildman–Crippen LogP) is 15.4. The van der Waals surface area contributed by atoms with Crippen LogP contribution in [0.2, 0.25) is 0 Å². The minimum absolute atomic E-state index is 0.141. The topological polar surface area (TPSA) is 119 Å². The van der Waals surface area contributed by atoms with Crippen LogP contribution in [0.15, 0.2) is 72.9 Å². The third-order valence-corrected chi connectivity index (χ3v) is 10.7. The van der Waals surface area contributed by atoms with E-state index in [9.17, 15) is 14.2 Å². The monoisotopic (exact) mass is 861 g/mol. The lowest BCUT2D eigenvalue weighted by atomic mass is 10.0. The maximum Gasteiger partial charge on any atom is 0.469 e. The first-order valence-corrected chi connectivity index (χ1v) is 25.8. The van der Waals surface area contributed by atoms with Gasteiger partial charge in [-0.1, -0.05) is 228 Å². The number of carbonyl (C=O) groups is 2. The number of phosphoric ester groups is 1. The highest BCUT2D eigenvalue weighted by molar-refractivity contribution is 7.46. The van der Waals surface area contributed by atoms with Crippen LogP contribution in [0, 0.1) is 0 Å². The zero-order valence-corrected chi connectivity index (χ0v) is 39.2. The van der Waals surface area contributed by atoms with Crippen molar-refractivity contribution in [2.45, 2.75) is 225 Å². The van der Waals surface area contributed by atoms with E-state index < -0.39 is 32.5 Å². The number of esters is 2. The average Bonchev–Trinajstić information content (AvgIpc) is 3.22. The molecule has 346 valence electrons. The van der Waals surface area contributed by atoms with Gasteiger partial charge in [0.2, 0.25) is 0 Å². The molecule has 0 aliphatic heterocycles. The number of rotatable bonds is 44. The lowest BCUT2D eigenvalue weighted by Gasteiger charge is -2.18. The Labute approximate surface area is 368 Å². The second kappa shape index (κ2) is 46.0. The van der Waals surface area contributed by atoms with Crippen molar-refractivity contribution < 1.29 is 37.9 Å². The molecule has 0 rings (SSSR count). The molecular weight excluding hydrogens is 772 g/mol. The Kier molecular flexibility index (Phi) is 44.1. The van der Waals surface area contributed by atoms with E-state index in [1.807, 2.05) is 12.2 Å². The second-order valence-electron chi connectivity index (χ2n) is 16.1. The van der Waals surface area contributed by atoms with E-state index in [2.05, 4.69) is 79.1 Å². The largest absolute Gasteiger partial charge is 0.469 e. The summed E-state index contributed by atoms with van der Waals surface area (Å²) in [4.78, 5) is 43.0. The molecule has 0 aromatic carbocycles.